The first kappa shape index (κ1) is 11.6. The van der Waals surface area contributed by atoms with E-state index in [0.29, 0.717) is 17.8 Å². The van der Waals surface area contributed by atoms with Crippen LogP contribution < -0.4 is 10.2 Å². The fraction of sp³-hybridized carbons (Fsp3) is 0.333. The number of hydrogen-bond acceptors (Lipinski definition) is 2. The summed E-state index contributed by atoms with van der Waals surface area (Å²) < 4.78 is 13.1. The summed E-state index contributed by atoms with van der Waals surface area (Å²) in [6, 6.07) is 3.99. The number of imide groups is 1. The van der Waals surface area contributed by atoms with Gasteiger partial charge in [0.05, 0.1) is 5.92 Å². The van der Waals surface area contributed by atoms with Crippen molar-refractivity contribution in [1.82, 2.24) is 5.32 Å². The number of hydrogen-bond donors (Lipinski definition) is 1. The lowest BCUT2D eigenvalue weighted by Crippen LogP contribution is -2.53. The van der Waals surface area contributed by atoms with Gasteiger partial charge in [-0.25, -0.2) is 9.18 Å². The highest BCUT2D eigenvalue weighted by Gasteiger charge is 2.30. The maximum absolute atomic E-state index is 13.1. The van der Waals surface area contributed by atoms with Gasteiger partial charge in [0.15, 0.2) is 0 Å². The Balaban J connectivity index is 2.30. The van der Waals surface area contributed by atoms with Gasteiger partial charge < -0.3 is 0 Å². The van der Waals surface area contributed by atoms with Crippen LogP contribution in [-0.2, 0) is 4.79 Å². The van der Waals surface area contributed by atoms with Crippen molar-refractivity contribution in [2.24, 2.45) is 5.92 Å². The van der Waals surface area contributed by atoms with E-state index < -0.39 is 6.03 Å². The highest BCUT2D eigenvalue weighted by molar-refractivity contribution is 6.06. The monoisotopic (exact) mass is 236 g/mol. The average Bonchev–Trinajstić information content (AvgIpc) is 2.27. The molecule has 5 heteroatoms. The summed E-state index contributed by atoms with van der Waals surface area (Å²) >= 11 is 0. The third kappa shape index (κ3) is 2.13. The number of carbonyl (C=O) groups excluding carboxylic acids is 2. The summed E-state index contributed by atoms with van der Waals surface area (Å²) in [5, 5.41) is 2.27. The number of nitrogens with one attached hydrogen (secondary N) is 1. The third-order valence-electron chi connectivity index (χ3n) is 2.83. The van der Waals surface area contributed by atoms with Crippen molar-refractivity contribution in [3.05, 3.63) is 29.6 Å². The number of rotatable bonds is 1. The minimum atomic E-state index is -0.459. The summed E-state index contributed by atoms with van der Waals surface area (Å²) in [6.07, 6.45) is 0. The van der Waals surface area contributed by atoms with Crippen LogP contribution in [0.15, 0.2) is 18.2 Å². The number of urea groups is 1. The van der Waals surface area contributed by atoms with Gasteiger partial charge in [-0.1, -0.05) is 6.92 Å². The first-order valence-electron chi connectivity index (χ1n) is 5.37. The summed E-state index contributed by atoms with van der Waals surface area (Å²) in [5.74, 6) is -0.849. The largest absolute Gasteiger partial charge is 0.328 e. The summed E-state index contributed by atoms with van der Waals surface area (Å²) in [5.41, 5.74) is 1.07. The molecule has 1 unspecified atom stereocenters. The second kappa shape index (κ2) is 4.16. The molecule has 1 fully saturated rings. The van der Waals surface area contributed by atoms with E-state index >= 15 is 0 Å². The molecule has 3 amide bonds. The zero-order valence-corrected chi connectivity index (χ0v) is 9.66. The van der Waals surface area contributed by atoms with Gasteiger partial charge in [0.25, 0.3) is 0 Å². The predicted octanol–water partition coefficient (Wildman–Crippen LogP) is 1.83. The fourth-order valence-corrected chi connectivity index (χ4v) is 1.76. The number of anilines is 1. The van der Waals surface area contributed by atoms with Crippen molar-refractivity contribution in [3.63, 3.8) is 0 Å². The highest BCUT2D eigenvalue weighted by atomic mass is 19.1. The van der Waals surface area contributed by atoms with Crippen LogP contribution in [0, 0.1) is 18.7 Å². The second-order valence-electron chi connectivity index (χ2n) is 4.24. The first-order chi connectivity index (χ1) is 7.99. The van der Waals surface area contributed by atoms with Crippen molar-refractivity contribution in [2.45, 2.75) is 13.8 Å². The molecule has 0 aromatic heterocycles. The van der Waals surface area contributed by atoms with E-state index in [1.54, 1.807) is 19.9 Å². The molecule has 17 heavy (non-hydrogen) atoms. The van der Waals surface area contributed by atoms with Gasteiger partial charge in [0.1, 0.15) is 5.82 Å². The lowest BCUT2D eigenvalue weighted by atomic mass is 10.1. The fourth-order valence-electron chi connectivity index (χ4n) is 1.76. The molecule has 90 valence electrons. The summed E-state index contributed by atoms with van der Waals surface area (Å²) in [4.78, 5) is 24.4. The summed E-state index contributed by atoms with van der Waals surface area (Å²) in [7, 11) is 0. The van der Waals surface area contributed by atoms with Gasteiger partial charge in [-0.2, -0.15) is 0 Å². The van der Waals surface area contributed by atoms with Crippen molar-refractivity contribution in [3.8, 4) is 0 Å². The molecular formula is C12H13FN2O2. The van der Waals surface area contributed by atoms with Crippen LogP contribution in [0.3, 0.4) is 0 Å². The Morgan fingerprint density at radius 2 is 2.12 bits per heavy atom. The Labute approximate surface area is 98.4 Å². The number of halogens is 1. The maximum Gasteiger partial charge on any atom is 0.328 e. The normalized spacial score (nSPS) is 20.4. The zero-order valence-electron chi connectivity index (χ0n) is 9.66. The molecule has 0 saturated carbocycles. The van der Waals surface area contributed by atoms with Crippen LogP contribution in [0.4, 0.5) is 14.9 Å². The molecule has 0 aliphatic carbocycles. The number of nitrogens with zero attached hydrogens (tertiary/aromatic N) is 1. The van der Waals surface area contributed by atoms with Crippen LogP contribution in [0.1, 0.15) is 12.5 Å². The number of aryl methyl sites for hydroxylation is 1. The average molecular weight is 236 g/mol. The van der Waals surface area contributed by atoms with E-state index in [2.05, 4.69) is 5.32 Å². The van der Waals surface area contributed by atoms with Crippen LogP contribution in [0.2, 0.25) is 0 Å². The highest BCUT2D eigenvalue weighted by Crippen LogP contribution is 2.21. The standard InChI is InChI=1S/C12H13FN2O2/c1-7-5-9(3-4-10(7)13)15-6-8(2)11(16)14-12(15)17/h3-5,8H,6H2,1-2H3,(H,14,16,17). The molecule has 0 bridgehead atoms. The Hall–Kier alpha value is -1.91. The number of amides is 3. The lowest BCUT2D eigenvalue weighted by Gasteiger charge is -2.30. The van der Waals surface area contributed by atoms with Gasteiger partial charge in [-0.05, 0) is 30.7 Å². The molecule has 1 aliphatic heterocycles. The molecule has 1 aliphatic rings. The van der Waals surface area contributed by atoms with E-state index in [1.807, 2.05) is 0 Å². The van der Waals surface area contributed by atoms with E-state index in [-0.39, 0.29) is 17.6 Å². The molecule has 1 N–H and O–H groups in total. The van der Waals surface area contributed by atoms with Gasteiger partial charge in [-0.3, -0.25) is 15.0 Å². The molecule has 1 atom stereocenters. The Bertz CT molecular complexity index is 487. The number of benzene rings is 1. The van der Waals surface area contributed by atoms with E-state index in [4.69, 9.17) is 0 Å². The molecule has 1 aromatic rings. The smallest absolute Gasteiger partial charge is 0.293 e. The van der Waals surface area contributed by atoms with Crippen LogP contribution in [0.25, 0.3) is 0 Å². The Kier molecular flexibility index (Phi) is 2.83. The van der Waals surface area contributed by atoms with E-state index in [0.717, 1.165) is 0 Å². The molecule has 1 saturated heterocycles. The SMILES string of the molecule is Cc1cc(N2CC(C)C(=O)NC2=O)ccc1F. The first-order valence-corrected chi connectivity index (χ1v) is 5.37. The minimum absolute atomic E-state index is 0.266. The minimum Gasteiger partial charge on any atom is -0.293 e. The molecule has 0 spiro atoms. The van der Waals surface area contributed by atoms with Crippen molar-refractivity contribution >= 4 is 17.6 Å². The van der Waals surface area contributed by atoms with Gasteiger partial charge in [-0.15, -0.1) is 0 Å². The molecule has 1 aromatic carbocycles. The Morgan fingerprint density at radius 1 is 1.41 bits per heavy atom. The molecule has 1 heterocycles. The van der Waals surface area contributed by atoms with Crippen molar-refractivity contribution in [1.29, 1.82) is 0 Å². The van der Waals surface area contributed by atoms with Gasteiger partial charge in [0, 0.05) is 12.2 Å². The van der Waals surface area contributed by atoms with E-state index in [9.17, 15) is 14.0 Å². The van der Waals surface area contributed by atoms with Gasteiger partial charge >= 0.3 is 6.03 Å². The maximum atomic E-state index is 13.1. The predicted molar refractivity (Wildman–Crippen MR) is 61.2 cm³/mol. The Morgan fingerprint density at radius 3 is 2.76 bits per heavy atom. The van der Waals surface area contributed by atoms with Crippen molar-refractivity contribution < 1.29 is 14.0 Å². The topological polar surface area (TPSA) is 49.4 Å². The molecule has 4 nitrogen and oxygen atoms in total. The van der Waals surface area contributed by atoms with Crippen molar-refractivity contribution in [2.75, 3.05) is 11.4 Å². The third-order valence-corrected chi connectivity index (χ3v) is 2.83. The zero-order chi connectivity index (χ0) is 12.6. The lowest BCUT2D eigenvalue weighted by molar-refractivity contribution is -0.123. The van der Waals surface area contributed by atoms with Crippen LogP contribution in [-0.4, -0.2) is 18.5 Å². The quantitative estimate of drug-likeness (QED) is 0.808. The van der Waals surface area contributed by atoms with Crippen LogP contribution in [0.5, 0.6) is 0 Å². The molecular weight excluding hydrogens is 223 g/mol. The second-order valence-corrected chi connectivity index (χ2v) is 4.24. The van der Waals surface area contributed by atoms with Gasteiger partial charge in [0.2, 0.25) is 5.91 Å². The summed E-state index contributed by atoms with van der Waals surface area (Å²) in [6.45, 7) is 3.69. The van der Waals surface area contributed by atoms with Crippen LogP contribution >= 0.6 is 0 Å². The number of carbonyl (C=O) groups is 2. The van der Waals surface area contributed by atoms with E-state index in [1.165, 1.54) is 17.0 Å². The molecule has 0 radical (unpaired) electrons. The molecule has 2 rings (SSSR count).